The van der Waals surface area contributed by atoms with Crippen LogP contribution in [0.15, 0.2) is 97.1 Å². The van der Waals surface area contributed by atoms with Crippen molar-refractivity contribution in [3.63, 3.8) is 0 Å². The number of hydrogen-bond donors (Lipinski definition) is 0. The third-order valence-electron chi connectivity index (χ3n) is 16.2. The molecule has 81 heavy (non-hydrogen) atoms. The molecule has 0 saturated carbocycles. The average Bonchev–Trinajstić information content (AvgIpc) is 3.49. The summed E-state index contributed by atoms with van der Waals surface area (Å²) >= 11 is 0. The molecule has 8 heteroatoms. The fourth-order valence-corrected chi connectivity index (χ4v) is 10.9. The number of anilines is 2. The molecule has 0 aliphatic carbocycles. The van der Waals surface area contributed by atoms with E-state index in [4.69, 9.17) is 9.47 Å². The lowest BCUT2D eigenvalue weighted by Gasteiger charge is -2.25. The molecule has 0 bridgehead atoms. The smallest absolute Gasteiger partial charge is 0.343 e. The molecule has 4 rings (SSSR count). The first-order chi connectivity index (χ1) is 39.8. The summed E-state index contributed by atoms with van der Waals surface area (Å²) in [6.07, 6.45) is 46.6. The second kappa shape index (κ2) is 44.4. The van der Waals surface area contributed by atoms with Gasteiger partial charge in [0.2, 0.25) is 0 Å². The summed E-state index contributed by atoms with van der Waals surface area (Å²) in [7, 11) is 0. The Morgan fingerprint density at radius 3 is 0.716 bits per heavy atom. The summed E-state index contributed by atoms with van der Waals surface area (Å²) in [4.78, 5) is 58.1. The van der Waals surface area contributed by atoms with Gasteiger partial charge in [0.1, 0.15) is 11.5 Å². The minimum Gasteiger partial charge on any atom is -0.423 e. The fourth-order valence-electron chi connectivity index (χ4n) is 10.9. The number of Topliss-reactive ketones (excluding diaryl/α,β-unsaturated/α-hetero) is 2. The highest BCUT2D eigenvalue weighted by Crippen LogP contribution is 2.24. The number of unbranched alkanes of at least 4 members (excludes halogenated alkanes) is 32. The molecule has 0 radical (unpaired) electrons. The summed E-state index contributed by atoms with van der Waals surface area (Å²) in [6.45, 7) is 13.2. The van der Waals surface area contributed by atoms with E-state index in [-0.39, 0.29) is 18.0 Å². The number of ketones is 2. The van der Waals surface area contributed by atoms with Crippen molar-refractivity contribution in [1.29, 1.82) is 0 Å². The van der Waals surface area contributed by atoms with Crippen LogP contribution in [-0.2, 0) is 0 Å². The average molecular weight is 1110 g/mol. The topological polar surface area (TPSA) is 93.2 Å². The van der Waals surface area contributed by atoms with E-state index in [9.17, 15) is 19.2 Å². The first kappa shape index (κ1) is 68.3. The zero-order valence-corrected chi connectivity index (χ0v) is 51.6. The fraction of sp³-hybridized carbons (Fsp3) is 0.616. The highest BCUT2D eigenvalue weighted by Gasteiger charge is 2.18. The highest BCUT2D eigenvalue weighted by atomic mass is 16.5. The third kappa shape index (κ3) is 30.1. The molecule has 448 valence electrons. The first-order valence-electron chi connectivity index (χ1n) is 33.2. The van der Waals surface area contributed by atoms with Crippen molar-refractivity contribution in [3.8, 4) is 11.5 Å². The van der Waals surface area contributed by atoms with Crippen molar-refractivity contribution in [2.24, 2.45) is 0 Å². The Bertz CT molecular complexity index is 2030. The number of esters is 2. The molecule has 4 aromatic carbocycles. The van der Waals surface area contributed by atoms with E-state index in [0.29, 0.717) is 33.8 Å². The normalized spacial score (nSPS) is 11.2. The van der Waals surface area contributed by atoms with E-state index in [1.165, 1.54) is 231 Å². The molecule has 0 atom stereocenters. The maximum absolute atomic E-state index is 13.3. The molecular formula is C73H110N2O6. The van der Waals surface area contributed by atoms with Gasteiger partial charge in [-0.15, -0.1) is 0 Å². The Labute approximate surface area is 493 Å². The Morgan fingerprint density at radius 2 is 0.481 bits per heavy atom. The molecule has 0 spiro atoms. The number of rotatable bonds is 50. The van der Waals surface area contributed by atoms with Gasteiger partial charge >= 0.3 is 11.9 Å². The quantitative estimate of drug-likeness (QED) is 0.0142. The van der Waals surface area contributed by atoms with Crippen LogP contribution in [0.2, 0.25) is 0 Å². The van der Waals surface area contributed by atoms with Gasteiger partial charge in [-0.1, -0.05) is 233 Å². The molecule has 0 saturated heterocycles. The Hall–Kier alpha value is -5.24. The zero-order chi connectivity index (χ0) is 57.8. The molecule has 0 aliphatic rings. The van der Waals surface area contributed by atoms with Crippen LogP contribution in [0.1, 0.15) is 307 Å². The molecule has 4 aromatic rings. The summed E-state index contributed by atoms with van der Waals surface area (Å²) in [5.41, 5.74) is 3.90. The van der Waals surface area contributed by atoms with Crippen LogP contribution in [0.4, 0.5) is 11.4 Å². The number of nitrogens with zero attached hydrogens (tertiary/aromatic N) is 2. The van der Waals surface area contributed by atoms with Gasteiger partial charge in [0.25, 0.3) is 0 Å². The van der Waals surface area contributed by atoms with Crippen LogP contribution in [0.5, 0.6) is 11.5 Å². The van der Waals surface area contributed by atoms with Crippen LogP contribution in [-0.4, -0.2) is 49.7 Å². The van der Waals surface area contributed by atoms with Gasteiger partial charge in [-0.05, 0) is 123 Å². The van der Waals surface area contributed by atoms with E-state index in [1.54, 1.807) is 48.5 Å². The summed E-state index contributed by atoms with van der Waals surface area (Å²) in [5.74, 6) is -0.980. The molecule has 0 amide bonds. The predicted octanol–water partition coefficient (Wildman–Crippen LogP) is 21.3. The molecule has 0 unspecified atom stereocenters. The molecule has 0 N–H and O–H groups in total. The van der Waals surface area contributed by atoms with E-state index >= 15 is 0 Å². The zero-order valence-electron chi connectivity index (χ0n) is 51.6. The third-order valence-corrected chi connectivity index (χ3v) is 16.2. The van der Waals surface area contributed by atoms with Crippen LogP contribution in [0.25, 0.3) is 0 Å². The number of ether oxygens (including phenoxy) is 2. The molecular weight excluding hydrogens is 1000 g/mol. The van der Waals surface area contributed by atoms with Gasteiger partial charge in [-0.3, -0.25) is 9.59 Å². The van der Waals surface area contributed by atoms with Crippen LogP contribution >= 0.6 is 0 Å². The lowest BCUT2D eigenvalue weighted by Crippen LogP contribution is -2.25. The number of carbonyl (C=O) groups excluding carboxylic acids is 4. The second-order valence-electron chi connectivity index (χ2n) is 23.2. The van der Waals surface area contributed by atoms with E-state index in [1.807, 2.05) is 48.5 Å². The van der Waals surface area contributed by atoms with Gasteiger partial charge in [0, 0.05) is 48.7 Å². The van der Waals surface area contributed by atoms with Crippen LogP contribution in [0.3, 0.4) is 0 Å². The maximum Gasteiger partial charge on any atom is 0.343 e. The Morgan fingerprint density at radius 1 is 0.272 bits per heavy atom. The van der Waals surface area contributed by atoms with Crippen molar-refractivity contribution >= 4 is 34.9 Å². The van der Waals surface area contributed by atoms with E-state index in [2.05, 4.69) is 37.5 Å². The SMILES string of the molecule is CCCCCCCCCCCN(CCCCCCCCCCC)c1ccc(C(=O)Oc2ccc(C(=O)CC(=O)c3ccc(OC(=O)c4ccc(N(CCCCCCCCCCC)CCCCCCCCCCC)cc4)cc3)cc2)cc1. The van der Waals surface area contributed by atoms with Crippen molar-refractivity contribution in [2.45, 2.75) is 265 Å². The minimum atomic E-state index is -0.465. The summed E-state index contributed by atoms with van der Waals surface area (Å²) in [6, 6.07) is 28.3. The second-order valence-corrected chi connectivity index (χ2v) is 23.2. The Balaban J connectivity index is 1.23. The van der Waals surface area contributed by atoms with Crippen molar-refractivity contribution in [1.82, 2.24) is 0 Å². The van der Waals surface area contributed by atoms with Crippen molar-refractivity contribution in [2.75, 3.05) is 36.0 Å². The van der Waals surface area contributed by atoms with Gasteiger partial charge in [0.05, 0.1) is 17.5 Å². The lowest BCUT2D eigenvalue weighted by molar-refractivity contribution is 0.0725. The van der Waals surface area contributed by atoms with E-state index < -0.39 is 11.9 Å². The van der Waals surface area contributed by atoms with Crippen LogP contribution in [0, 0.1) is 0 Å². The largest absolute Gasteiger partial charge is 0.423 e. The van der Waals surface area contributed by atoms with Gasteiger partial charge in [0.15, 0.2) is 11.6 Å². The molecule has 0 heterocycles. The maximum atomic E-state index is 13.3. The van der Waals surface area contributed by atoms with Crippen molar-refractivity contribution in [3.05, 3.63) is 119 Å². The van der Waals surface area contributed by atoms with Gasteiger partial charge in [-0.25, -0.2) is 9.59 Å². The highest BCUT2D eigenvalue weighted by molar-refractivity contribution is 6.13. The monoisotopic (exact) mass is 1110 g/mol. The van der Waals surface area contributed by atoms with Gasteiger partial charge < -0.3 is 19.3 Å². The molecule has 0 fully saturated rings. The predicted molar refractivity (Wildman–Crippen MR) is 342 cm³/mol. The van der Waals surface area contributed by atoms with Gasteiger partial charge in [-0.2, -0.15) is 0 Å². The molecule has 8 nitrogen and oxygen atoms in total. The first-order valence-corrected chi connectivity index (χ1v) is 33.2. The number of carbonyl (C=O) groups is 4. The number of hydrogen-bond acceptors (Lipinski definition) is 8. The Kier molecular flexibility index (Phi) is 37.4. The van der Waals surface area contributed by atoms with E-state index in [0.717, 1.165) is 37.6 Å². The van der Waals surface area contributed by atoms with Crippen LogP contribution < -0.4 is 19.3 Å². The number of benzene rings is 4. The van der Waals surface area contributed by atoms with Crippen molar-refractivity contribution < 1.29 is 28.7 Å². The summed E-state index contributed by atoms with van der Waals surface area (Å²) < 4.78 is 11.5. The molecule has 0 aliphatic heterocycles. The summed E-state index contributed by atoms with van der Waals surface area (Å²) in [5, 5.41) is 0. The molecule has 0 aromatic heterocycles. The minimum absolute atomic E-state index is 0.320. The standard InChI is InChI=1S/C73H110N2O6/c1-5-9-13-17-21-25-29-33-37-57-74(58-38-34-30-26-22-18-14-10-6-2)66-49-41-64(42-50-66)72(78)80-68-53-45-62(46-54-68)70(76)61-71(77)63-47-55-69(56-48-63)81-73(79)65-43-51-67(52-44-65)75(59-39-35-31-27-23-19-15-11-7-3)60-40-36-32-28-24-20-16-12-8-4/h41-56H,5-40,57-61H2,1-4H3. The lowest BCUT2D eigenvalue weighted by atomic mass is 10.0.